The topological polar surface area (TPSA) is 117 Å². The minimum atomic E-state index is -0.345. The van der Waals surface area contributed by atoms with Crippen molar-refractivity contribution in [3.05, 3.63) is 41.2 Å². The number of nitrogens with one attached hydrogen (secondary N) is 1. The Labute approximate surface area is 199 Å². The highest BCUT2D eigenvalue weighted by molar-refractivity contribution is 7.99. The second-order valence-corrected chi connectivity index (χ2v) is 8.37. The molecule has 0 atom stereocenters. The molecule has 0 saturated carbocycles. The summed E-state index contributed by atoms with van der Waals surface area (Å²) in [5.41, 5.74) is 0.564. The number of amides is 1. The van der Waals surface area contributed by atoms with E-state index in [9.17, 15) is 9.59 Å². The zero-order valence-electron chi connectivity index (χ0n) is 18.6. The number of aromatic nitrogens is 4. The monoisotopic (exact) mass is 491 g/mol. The quantitative estimate of drug-likeness (QED) is 0.301. The predicted molar refractivity (Wildman–Crippen MR) is 125 cm³/mol. The van der Waals surface area contributed by atoms with E-state index in [1.807, 2.05) is 35.8 Å². The van der Waals surface area contributed by atoms with Gasteiger partial charge in [-0.15, -0.1) is 21.5 Å². The Balaban J connectivity index is 1.50. The zero-order chi connectivity index (χ0) is 23.6. The van der Waals surface area contributed by atoms with Gasteiger partial charge in [0.2, 0.25) is 5.91 Å². The first-order valence-electron chi connectivity index (χ1n) is 10.2. The maximum atomic E-state index is 12.3. The van der Waals surface area contributed by atoms with Crippen molar-refractivity contribution in [2.45, 2.75) is 38.6 Å². The van der Waals surface area contributed by atoms with Crippen LogP contribution in [0.15, 0.2) is 34.8 Å². The molecule has 2 heterocycles. The molecular weight excluding hydrogens is 466 g/mol. The molecule has 0 saturated heterocycles. The van der Waals surface area contributed by atoms with Crippen LogP contribution < -0.4 is 14.8 Å². The van der Waals surface area contributed by atoms with E-state index in [2.05, 4.69) is 20.5 Å². The van der Waals surface area contributed by atoms with Crippen molar-refractivity contribution < 1.29 is 23.8 Å². The molecule has 0 spiro atoms. The molecule has 0 radical (unpaired) electrons. The number of carbonyl (C=O) groups excluding carboxylic acids is 2. The lowest BCUT2D eigenvalue weighted by molar-refractivity contribution is -0.142. The van der Waals surface area contributed by atoms with E-state index in [1.165, 1.54) is 23.1 Å². The van der Waals surface area contributed by atoms with Gasteiger partial charge in [0.15, 0.2) is 16.1 Å². The van der Waals surface area contributed by atoms with E-state index in [0.717, 1.165) is 5.75 Å². The summed E-state index contributed by atoms with van der Waals surface area (Å²) in [6.07, 6.45) is 0.0793. The molecular formula is C21H25N5O5S2. The molecule has 10 nitrogen and oxygen atoms in total. The Morgan fingerprint density at radius 3 is 2.61 bits per heavy atom. The molecule has 1 amide bonds. The van der Waals surface area contributed by atoms with Crippen molar-refractivity contribution in [1.82, 2.24) is 19.7 Å². The van der Waals surface area contributed by atoms with Crippen LogP contribution in [-0.2, 0) is 33.9 Å². The van der Waals surface area contributed by atoms with Crippen LogP contribution in [0.2, 0.25) is 0 Å². The molecule has 0 bridgehead atoms. The number of ether oxygens (including phenoxy) is 3. The van der Waals surface area contributed by atoms with Gasteiger partial charge in [0.25, 0.3) is 0 Å². The first-order chi connectivity index (χ1) is 16.0. The Kier molecular flexibility index (Phi) is 9.07. The molecule has 1 N–H and O–H groups in total. The highest BCUT2D eigenvalue weighted by Gasteiger charge is 2.15. The number of hydrogen-bond donors (Lipinski definition) is 1. The van der Waals surface area contributed by atoms with E-state index in [4.69, 9.17) is 14.2 Å². The molecule has 0 aliphatic rings. The molecule has 0 unspecified atom stereocenters. The van der Waals surface area contributed by atoms with Gasteiger partial charge in [-0.25, -0.2) is 4.98 Å². The fourth-order valence-electron chi connectivity index (χ4n) is 2.76. The fraction of sp³-hybridized carbons (Fsp3) is 0.381. The van der Waals surface area contributed by atoms with E-state index in [0.29, 0.717) is 40.7 Å². The molecule has 0 aliphatic carbocycles. The van der Waals surface area contributed by atoms with E-state index in [-0.39, 0.29) is 30.7 Å². The third-order valence-electron chi connectivity index (χ3n) is 4.30. The first-order valence-corrected chi connectivity index (χ1v) is 12.1. The minimum Gasteiger partial charge on any atom is -0.497 e. The largest absolute Gasteiger partial charge is 0.497 e. The lowest BCUT2D eigenvalue weighted by Crippen LogP contribution is -2.15. The van der Waals surface area contributed by atoms with E-state index < -0.39 is 0 Å². The van der Waals surface area contributed by atoms with Gasteiger partial charge in [0.1, 0.15) is 18.1 Å². The number of anilines is 1. The number of esters is 1. The Morgan fingerprint density at radius 2 is 1.91 bits per heavy atom. The van der Waals surface area contributed by atoms with Crippen LogP contribution in [0.25, 0.3) is 0 Å². The highest BCUT2D eigenvalue weighted by Crippen LogP contribution is 2.21. The fourth-order valence-corrected chi connectivity index (χ4v) is 4.31. The number of benzene rings is 1. The summed E-state index contributed by atoms with van der Waals surface area (Å²) < 4.78 is 17.7. The summed E-state index contributed by atoms with van der Waals surface area (Å²) in [5.74, 6) is 1.69. The Morgan fingerprint density at radius 1 is 1.15 bits per heavy atom. The molecule has 176 valence electrons. The zero-order valence-corrected chi connectivity index (χ0v) is 20.2. The molecule has 0 aliphatic heterocycles. The summed E-state index contributed by atoms with van der Waals surface area (Å²) in [4.78, 5) is 28.1. The summed E-state index contributed by atoms with van der Waals surface area (Å²) in [5, 5.41) is 13.9. The minimum absolute atomic E-state index is 0.0793. The third-order valence-corrected chi connectivity index (χ3v) is 6.07. The molecule has 12 heteroatoms. The summed E-state index contributed by atoms with van der Waals surface area (Å²) in [6, 6.07) is 7.29. The number of hydrogen-bond acceptors (Lipinski definition) is 10. The number of rotatable bonds is 12. The standard InChI is InChI=1S/C21H25N5O5S2/c1-4-26-17(11-31-16-8-6-15(29-3)7-9-16)24-25-21(26)33-13-18(27)23-20-22-14(12-32-20)10-19(28)30-5-2/h6-9,12H,4-5,10-11,13H2,1-3H3,(H,22,23,27). The lowest BCUT2D eigenvalue weighted by Gasteiger charge is -2.09. The number of thiazole rings is 1. The SMILES string of the molecule is CCOC(=O)Cc1csc(NC(=O)CSc2nnc(COc3ccc(OC)cc3)n2CC)n1. The van der Waals surface area contributed by atoms with Gasteiger partial charge in [0, 0.05) is 11.9 Å². The summed E-state index contributed by atoms with van der Waals surface area (Å²) in [6.45, 7) is 4.94. The second-order valence-electron chi connectivity index (χ2n) is 6.57. The molecule has 2 aromatic heterocycles. The van der Waals surface area contributed by atoms with Crippen LogP contribution in [0.5, 0.6) is 11.5 Å². The first kappa shape index (κ1) is 24.5. The van der Waals surface area contributed by atoms with E-state index >= 15 is 0 Å². The Hall–Kier alpha value is -3.12. The van der Waals surface area contributed by atoms with Crippen molar-refractivity contribution in [3.63, 3.8) is 0 Å². The van der Waals surface area contributed by atoms with Crippen LogP contribution in [0.1, 0.15) is 25.4 Å². The maximum Gasteiger partial charge on any atom is 0.311 e. The van der Waals surface area contributed by atoms with Gasteiger partial charge in [-0.3, -0.25) is 9.59 Å². The number of carbonyl (C=O) groups is 2. The van der Waals surface area contributed by atoms with Crippen LogP contribution in [0, 0.1) is 0 Å². The van der Waals surface area contributed by atoms with E-state index in [1.54, 1.807) is 19.4 Å². The van der Waals surface area contributed by atoms with Crippen LogP contribution in [-0.4, -0.2) is 51.1 Å². The van der Waals surface area contributed by atoms with Crippen molar-refractivity contribution >= 4 is 40.1 Å². The molecule has 1 aromatic carbocycles. The van der Waals surface area contributed by atoms with Gasteiger partial charge in [0.05, 0.1) is 31.6 Å². The molecule has 3 rings (SSSR count). The van der Waals surface area contributed by atoms with Crippen LogP contribution in [0.3, 0.4) is 0 Å². The maximum absolute atomic E-state index is 12.3. The normalized spacial score (nSPS) is 10.6. The molecule has 33 heavy (non-hydrogen) atoms. The van der Waals surface area contributed by atoms with Crippen molar-refractivity contribution in [2.75, 3.05) is 24.8 Å². The van der Waals surface area contributed by atoms with Crippen molar-refractivity contribution in [3.8, 4) is 11.5 Å². The molecule has 3 aromatic rings. The van der Waals surface area contributed by atoms with Crippen LogP contribution >= 0.6 is 23.1 Å². The van der Waals surface area contributed by atoms with Crippen LogP contribution in [0.4, 0.5) is 5.13 Å². The third kappa shape index (κ3) is 7.19. The lowest BCUT2D eigenvalue weighted by atomic mass is 10.3. The number of thioether (sulfide) groups is 1. The van der Waals surface area contributed by atoms with Gasteiger partial charge >= 0.3 is 5.97 Å². The average Bonchev–Trinajstić information content (AvgIpc) is 3.42. The summed E-state index contributed by atoms with van der Waals surface area (Å²) >= 11 is 2.54. The van der Waals surface area contributed by atoms with Crippen molar-refractivity contribution in [1.29, 1.82) is 0 Å². The average molecular weight is 492 g/mol. The smallest absolute Gasteiger partial charge is 0.311 e. The molecule has 0 fully saturated rings. The summed E-state index contributed by atoms with van der Waals surface area (Å²) in [7, 11) is 1.61. The van der Waals surface area contributed by atoms with Crippen molar-refractivity contribution in [2.24, 2.45) is 0 Å². The van der Waals surface area contributed by atoms with Gasteiger partial charge in [-0.05, 0) is 38.1 Å². The van der Waals surface area contributed by atoms with Gasteiger partial charge in [-0.2, -0.15) is 0 Å². The highest BCUT2D eigenvalue weighted by atomic mass is 32.2. The van der Waals surface area contributed by atoms with Gasteiger partial charge < -0.3 is 24.1 Å². The predicted octanol–water partition coefficient (Wildman–Crippen LogP) is 3.18. The number of methoxy groups -OCH3 is 1. The number of nitrogens with zero attached hydrogens (tertiary/aromatic N) is 4. The van der Waals surface area contributed by atoms with Gasteiger partial charge in [-0.1, -0.05) is 11.8 Å². The Bertz CT molecular complexity index is 1070. The second kappa shape index (κ2) is 12.2.